The Morgan fingerprint density at radius 1 is 1.42 bits per heavy atom. The van der Waals surface area contributed by atoms with Crippen LogP contribution in [0.5, 0.6) is 0 Å². The Labute approximate surface area is 143 Å². The van der Waals surface area contributed by atoms with Crippen LogP contribution in [0.1, 0.15) is 26.3 Å². The first-order valence-corrected chi connectivity index (χ1v) is 8.50. The molecule has 1 heterocycles. The minimum atomic E-state index is -0.327. The summed E-state index contributed by atoms with van der Waals surface area (Å²) in [6, 6.07) is 7.36. The van der Waals surface area contributed by atoms with E-state index in [-0.39, 0.29) is 24.2 Å². The Bertz CT molecular complexity index is 521. The van der Waals surface area contributed by atoms with Crippen molar-refractivity contribution in [3.8, 4) is 0 Å². The van der Waals surface area contributed by atoms with Gasteiger partial charge in [-0.15, -0.1) is 0 Å². The molecule has 0 unspecified atom stereocenters. The molecule has 1 fully saturated rings. The number of amides is 1. The van der Waals surface area contributed by atoms with Crippen LogP contribution in [0.3, 0.4) is 0 Å². The molecule has 134 valence electrons. The van der Waals surface area contributed by atoms with Gasteiger partial charge in [0.15, 0.2) is 0 Å². The summed E-state index contributed by atoms with van der Waals surface area (Å²) in [5.41, 5.74) is 1.78. The zero-order valence-corrected chi connectivity index (χ0v) is 14.7. The monoisotopic (exact) mass is 336 g/mol. The van der Waals surface area contributed by atoms with Gasteiger partial charge in [-0.3, -0.25) is 4.79 Å². The van der Waals surface area contributed by atoms with Crippen LogP contribution in [0.15, 0.2) is 24.3 Å². The largest absolute Gasteiger partial charge is 0.376 e. The molecule has 0 saturated carbocycles. The molecule has 2 rings (SSSR count). The molecule has 0 aliphatic carbocycles. The molecule has 2 N–H and O–H groups in total. The normalized spacial score (nSPS) is 21.0. The lowest BCUT2D eigenvalue weighted by atomic mass is 10.1. The second-order valence-corrected chi connectivity index (χ2v) is 6.17. The van der Waals surface area contributed by atoms with Gasteiger partial charge in [0.2, 0.25) is 5.91 Å². The van der Waals surface area contributed by atoms with E-state index in [2.05, 4.69) is 10.6 Å². The zero-order chi connectivity index (χ0) is 17.4. The third-order valence-corrected chi connectivity index (χ3v) is 3.74. The molecule has 1 aromatic rings. The highest BCUT2D eigenvalue weighted by Gasteiger charge is 2.28. The van der Waals surface area contributed by atoms with Crippen molar-refractivity contribution in [2.24, 2.45) is 0 Å². The molecule has 0 radical (unpaired) electrons. The van der Waals surface area contributed by atoms with E-state index in [4.69, 9.17) is 14.2 Å². The van der Waals surface area contributed by atoms with E-state index < -0.39 is 0 Å². The summed E-state index contributed by atoms with van der Waals surface area (Å²) in [6.45, 7) is 8.85. The number of hydrogen-bond acceptors (Lipinski definition) is 5. The van der Waals surface area contributed by atoms with E-state index in [0.717, 1.165) is 11.3 Å². The maximum atomic E-state index is 12.4. The molecular weight excluding hydrogens is 308 g/mol. The Morgan fingerprint density at radius 2 is 2.25 bits per heavy atom. The van der Waals surface area contributed by atoms with Gasteiger partial charge in [-0.2, -0.15) is 0 Å². The fourth-order valence-corrected chi connectivity index (χ4v) is 2.52. The number of hydrogen-bond donors (Lipinski definition) is 2. The minimum Gasteiger partial charge on any atom is -0.376 e. The zero-order valence-electron chi connectivity index (χ0n) is 14.7. The van der Waals surface area contributed by atoms with Crippen molar-refractivity contribution in [2.75, 3.05) is 31.7 Å². The topological polar surface area (TPSA) is 68.8 Å². The van der Waals surface area contributed by atoms with E-state index in [0.29, 0.717) is 33.0 Å². The fraction of sp³-hybridized carbons (Fsp3) is 0.611. The predicted octanol–water partition coefficient (Wildman–Crippen LogP) is 1.94. The van der Waals surface area contributed by atoms with Gasteiger partial charge in [0.05, 0.1) is 38.6 Å². The molecule has 6 heteroatoms. The summed E-state index contributed by atoms with van der Waals surface area (Å²) in [4.78, 5) is 12.4. The van der Waals surface area contributed by atoms with Gasteiger partial charge < -0.3 is 24.8 Å². The van der Waals surface area contributed by atoms with E-state index in [1.54, 1.807) is 0 Å². The summed E-state index contributed by atoms with van der Waals surface area (Å²) >= 11 is 0. The highest BCUT2D eigenvalue weighted by molar-refractivity contribution is 5.95. The molecule has 0 spiro atoms. The molecule has 1 aromatic carbocycles. The molecule has 2 atom stereocenters. The first-order chi connectivity index (χ1) is 11.6. The SMILES string of the molecule is CC(C)OCCOCc1cccc(NC(=O)[C@H]2NCCO[C@@H]2C)c1. The molecule has 1 saturated heterocycles. The van der Waals surface area contributed by atoms with Crippen LogP contribution in [-0.2, 0) is 25.6 Å². The van der Waals surface area contributed by atoms with Gasteiger partial charge in [-0.1, -0.05) is 12.1 Å². The third kappa shape index (κ3) is 6.20. The average Bonchev–Trinajstić information content (AvgIpc) is 2.55. The smallest absolute Gasteiger partial charge is 0.244 e. The van der Waals surface area contributed by atoms with Crippen LogP contribution in [0.2, 0.25) is 0 Å². The average molecular weight is 336 g/mol. The lowest BCUT2D eigenvalue weighted by Crippen LogP contribution is -2.53. The molecule has 1 amide bonds. The van der Waals surface area contributed by atoms with Crippen LogP contribution in [0, 0.1) is 0 Å². The van der Waals surface area contributed by atoms with Crippen LogP contribution in [-0.4, -0.2) is 50.5 Å². The van der Waals surface area contributed by atoms with Crippen LogP contribution in [0.25, 0.3) is 0 Å². The van der Waals surface area contributed by atoms with Gasteiger partial charge >= 0.3 is 0 Å². The Morgan fingerprint density at radius 3 is 3.00 bits per heavy atom. The Hall–Kier alpha value is -1.47. The first kappa shape index (κ1) is 18.9. The second kappa shape index (κ2) is 9.74. The highest BCUT2D eigenvalue weighted by Crippen LogP contribution is 2.13. The summed E-state index contributed by atoms with van der Waals surface area (Å²) in [7, 11) is 0. The van der Waals surface area contributed by atoms with Crippen molar-refractivity contribution < 1.29 is 19.0 Å². The Kier molecular flexibility index (Phi) is 7.65. The highest BCUT2D eigenvalue weighted by atomic mass is 16.5. The van der Waals surface area contributed by atoms with E-state index >= 15 is 0 Å². The van der Waals surface area contributed by atoms with Crippen molar-refractivity contribution in [1.82, 2.24) is 5.32 Å². The molecule has 0 aromatic heterocycles. The standard InChI is InChI=1S/C18H28N2O4/c1-13(2)23-10-9-22-12-15-5-4-6-16(11-15)20-18(21)17-14(3)24-8-7-19-17/h4-6,11,13-14,17,19H,7-10,12H2,1-3H3,(H,20,21)/t14-,17+/m1/s1. The van der Waals surface area contributed by atoms with Gasteiger partial charge in [0.25, 0.3) is 0 Å². The van der Waals surface area contributed by atoms with Gasteiger partial charge in [-0.05, 0) is 38.5 Å². The number of anilines is 1. The van der Waals surface area contributed by atoms with Crippen molar-refractivity contribution in [1.29, 1.82) is 0 Å². The number of morpholine rings is 1. The lowest BCUT2D eigenvalue weighted by molar-refractivity contribution is -0.123. The molecule has 0 bridgehead atoms. The van der Waals surface area contributed by atoms with Crippen molar-refractivity contribution >= 4 is 11.6 Å². The first-order valence-electron chi connectivity index (χ1n) is 8.50. The molecule has 24 heavy (non-hydrogen) atoms. The van der Waals surface area contributed by atoms with E-state index in [1.165, 1.54) is 0 Å². The Balaban J connectivity index is 1.80. The van der Waals surface area contributed by atoms with Crippen molar-refractivity contribution in [3.05, 3.63) is 29.8 Å². The predicted molar refractivity (Wildman–Crippen MR) is 93.0 cm³/mol. The lowest BCUT2D eigenvalue weighted by Gasteiger charge is -2.29. The number of rotatable bonds is 8. The third-order valence-electron chi connectivity index (χ3n) is 3.74. The number of carbonyl (C=O) groups excluding carboxylic acids is 1. The maximum Gasteiger partial charge on any atom is 0.244 e. The van der Waals surface area contributed by atoms with Gasteiger partial charge in [0.1, 0.15) is 6.04 Å². The number of nitrogens with one attached hydrogen (secondary N) is 2. The quantitative estimate of drug-likeness (QED) is 0.710. The molecular formula is C18H28N2O4. The van der Waals surface area contributed by atoms with Crippen LogP contribution < -0.4 is 10.6 Å². The molecule has 1 aliphatic heterocycles. The van der Waals surface area contributed by atoms with Gasteiger partial charge in [-0.25, -0.2) is 0 Å². The number of ether oxygens (including phenoxy) is 3. The summed E-state index contributed by atoms with van der Waals surface area (Å²) in [5, 5.41) is 6.12. The minimum absolute atomic E-state index is 0.0781. The molecule has 1 aliphatic rings. The maximum absolute atomic E-state index is 12.4. The van der Waals surface area contributed by atoms with Crippen LogP contribution in [0.4, 0.5) is 5.69 Å². The van der Waals surface area contributed by atoms with Crippen molar-refractivity contribution in [2.45, 2.75) is 45.6 Å². The van der Waals surface area contributed by atoms with Crippen molar-refractivity contribution in [3.63, 3.8) is 0 Å². The van der Waals surface area contributed by atoms with E-state index in [1.807, 2.05) is 45.0 Å². The number of benzene rings is 1. The van der Waals surface area contributed by atoms with Gasteiger partial charge in [0, 0.05) is 12.2 Å². The second-order valence-electron chi connectivity index (χ2n) is 6.17. The summed E-state index contributed by atoms with van der Waals surface area (Å²) in [6.07, 6.45) is 0.0816. The van der Waals surface area contributed by atoms with E-state index in [9.17, 15) is 4.79 Å². The number of carbonyl (C=O) groups is 1. The van der Waals surface area contributed by atoms with Crippen LogP contribution >= 0.6 is 0 Å². The summed E-state index contributed by atoms with van der Waals surface area (Å²) < 4.78 is 16.5. The summed E-state index contributed by atoms with van der Waals surface area (Å²) in [5.74, 6) is -0.0781. The molecule has 6 nitrogen and oxygen atoms in total. The fourth-order valence-electron chi connectivity index (χ4n) is 2.52.